The highest BCUT2D eigenvalue weighted by Gasteiger charge is 2.20. The molecule has 0 spiro atoms. The molecular weight excluding hydrogens is 278 g/mol. The molecule has 1 heterocycles. The molecule has 0 bridgehead atoms. The number of benzene rings is 2. The number of nitrogens with one attached hydrogen (secondary N) is 1. The van der Waals surface area contributed by atoms with E-state index in [4.69, 9.17) is 4.74 Å². The van der Waals surface area contributed by atoms with Gasteiger partial charge in [-0.05, 0) is 41.1 Å². The van der Waals surface area contributed by atoms with E-state index in [1.54, 1.807) is 0 Å². The summed E-state index contributed by atoms with van der Waals surface area (Å²) in [5, 5.41) is 3.46. The van der Waals surface area contributed by atoms with E-state index >= 15 is 0 Å². The van der Waals surface area contributed by atoms with Gasteiger partial charge in [-0.1, -0.05) is 24.3 Å². The van der Waals surface area contributed by atoms with E-state index in [0.717, 1.165) is 27.2 Å². The molecule has 0 saturated heterocycles. The zero-order valence-corrected chi connectivity index (χ0v) is 11.0. The van der Waals surface area contributed by atoms with Gasteiger partial charge in [0.1, 0.15) is 5.75 Å². The highest BCUT2D eigenvalue weighted by atomic mass is 79.9. The molecule has 3 heteroatoms. The summed E-state index contributed by atoms with van der Waals surface area (Å²) in [5.74, 6) is 1.77. The monoisotopic (exact) mass is 289 g/mol. The SMILES string of the molecule is C[C@@H]1Nc2ccccc2Oc2c(Br)cccc21. The number of halogens is 1. The highest BCUT2D eigenvalue weighted by Crippen LogP contribution is 2.43. The molecule has 17 heavy (non-hydrogen) atoms. The molecule has 86 valence electrons. The van der Waals surface area contributed by atoms with E-state index in [0.29, 0.717) is 0 Å². The molecule has 2 aromatic carbocycles. The predicted molar refractivity (Wildman–Crippen MR) is 72.7 cm³/mol. The van der Waals surface area contributed by atoms with E-state index in [1.165, 1.54) is 0 Å². The Kier molecular flexibility index (Phi) is 2.56. The first kappa shape index (κ1) is 10.7. The quantitative estimate of drug-likeness (QED) is 0.757. The van der Waals surface area contributed by atoms with Gasteiger partial charge in [0, 0.05) is 5.56 Å². The Balaban J connectivity index is 2.19. The van der Waals surface area contributed by atoms with E-state index in [-0.39, 0.29) is 6.04 Å². The molecule has 1 atom stereocenters. The second-order valence-corrected chi connectivity index (χ2v) is 4.98. The average Bonchev–Trinajstić information content (AvgIpc) is 2.47. The van der Waals surface area contributed by atoms with Gasteiger partial charge in [0.25, 0.3) is 0 Å². The number of hydrogen-bond acceptors (Lipinski definition) is 2. The third-order valence-corrected chi connectivity index (χ3v) is 3.56. The Morgan fingerprint density at radius 3 is 2.82 bits per heavy atom. The van der Waals surface area contributed by atoms with E-state index < -0.39 is 0 Å². The molecule has 0 aliphatic carbocycles. The van der Waals surface area contributed by atoms with Crippen molar-refractivity contribution in [3.8, 4) is 11.5 Å². The summed E-state index contributed by atoms with van der Waals surface area (Å²) in [6.07, 6.45) is 0. The largest absolute Gasteiger partial charge is 0.454 e. The van der Waals surface area contributed by atoms with Crippen molar-refractivity contribution in [3.05, 3.63) is 52.5 Å². The molecule has 2 aromatic rings. The maximum absolute atomic E-state index is 5.99. The fourth-order valence-electron chi connectivity index (χ4n) is 2.07. The number of fused-ring (bicyclic) bond motifs is 2. The second-order valence-electron chi connectivity index (χ2n) is 4.12. The van der Waals surface area contributed by atoms with Crippen molar-refractivity contribution < 1.29 is 4.74 Å². The molecule has 2 nitrogen and oxygen atoms in total. The van der Waals surface area contributed by atoms with Crippen LogP contribution in [-0.4, -0.2) is 0 Å². The first-order valence-electron chi connectivity index (χ1n) is 5.57. The summed E-state index contributed by atoms with van der Waals surface area (Å²) in [5.41, 5.74) is 2.19. The van der Waals surface area contributed by atoms with Crippen LogP contribution in [0.15, 0.2) is 46.9 Å². The first-order valence-corrected chi connectivity index (χ1v) is 6.37. The predicted octanol–water partition coefficient (Wildman–Crippen LogP) is 4.73. The summed E-state index contributed by atoms with van der Waals surface area (Å²) in [7, 11) is 0. The maximum Gasteiger partial charge on any atom is 0.150 e. The van der Waals surface area contributed by atoms with Gasteiger partial charge >= 0.3 is 0 Å². The molecule has 0 saturated carbocycles. The standard InChI is InChI=1S/C14H12BrNO/c1-9-10-5-4-6-11(15)14(10)17-13-8-3-2-7-12(13)16-9/h2-9,16H,1H3/t9-/m0/s1. The van der Waals surface area contributed by atoms with E-state index in [9.17, 15) is 0 Å². The van der Waals surface area contributed by atoms with Crippen LogP contribution < -0.4 is 10.1 Å². The van der Waals surface area contributed by atoms with Crippen molar-refractivity contribution >= 4 is 21.6 Å². The Labute approximate surface area is 109 Å². The summed E-state index contributed by atoms with van der Waals surface area (Å²) in [6.45, 7) is 2.14. The van der Waals surface area contributed by atoms with Gasteiger partial charge in [0.05, 0.1) is 16.2 Å². The topological polar surface area (TPSA) is 21.3 Å². The van der Waals surface area contributed by atoms with Gasteiger partial charge in [-0.3, -0.25) is 0 Å². The van der Waals surface area contributed by atoms with Crippen molar-refractivity contribution in [1.82, 2.24) is 0 Å². The van der Waals surface area contributed by atoms with Crippen LogP contribution in [-0.2, 0) is 0 Å². The Morgan fingerprint density at radius 2 is 1.94 bits per heavy atom. The fraction of sp³-hybridized carbons (Fsp3) is 0.143. The number of hydrogen-bond donors (Lipinski definition) is 1. The molecule has 0 amide bonds. The number of anilines is 1. The molecule has 0 aromatic heterocycles. The van der Waals surface area contributed by atoms with Crippen LogP contribution in [0.4, 0.5) is 5.69 Å². The maximum atomic E-state index is 5.99. The van der Waals surface area contributed by atoms with Gasteiger partial charge in [0.2, 0.25) is 0 Å². The van der Waals surface area contributed by atoms with Crippen LogP contribution in [0.5, 0.6) is 11.5 Å². The van der Waals surface area contributed by atoms with Crippen molar-refractivity contribution in [2.24, 2.45) is 0 Å². The van der Waals surface area contributed by atoms with Gasteiger partial charge in [0.15, 0.2) is 5.75 Å². The molecule has 0 unspecified atom stereocenters. The first-order chi connectivity index (χ1) is 8.25. The lowest BCUT2D eigenvalue weighted by Crippen LogP contribution is -2.04. The van der Waals surface area contributed by atoms with Gasteiger partial charge in [-0.25, -0.2) is 0 Å². The smallest absolute Gasteiger partial charge is 0.150 e. The van der Waals surface area contributed by atoms with Crippen LogP contribution in [0.2, 0.25) is 0 Å². The number of ether oxygens (including phenoxy) is 1. The minimum absolute atomic E-state index is 0.228. The molecule has 1 aliphatic heterocycles. The second kappa shape index (κ2) is 4.08. The molecule has 3 rings (SSSR count). The van der Waals surface area contributed by atoms with Gasteiger partial charge in [-0.15, -0.1) is 0 Å². The highest BCUT2D eigenvalue weighted by molar-refractivity contribution is 9.10. The summed E-state index contributed by atoms with van der Waals surface area (Å²) in [4.78, 5) is 0. The Hall–Kier alpha value is -1.48. The summed E-state index contributed by atoms with van der Waals surface area (Å²) in [6, 6.07) is 14.3. The van der Waals surface area contributed by atoms with E-state index in [2.05, 4.69) is 34.2 Å². The zero-order valence-electron chi connectivity index (χ0n) is 9.41. The Morgan fingerprint density at radius 1 is 1.12 bits per heavy atom. The molecule has 0 radical (unpaired) electrons. The van der Waals surface area contributed by atoms with Crippen molar-refractivity contribution in [2.75, 3.05) is 5.32 Å². The minimum atomic E-state index is 0.228. The molecule has 1 aliphatic rings. The third kappa shape index (κ3) is 1.80. The van der Waals surface area contributed by atoms with E-state index in [1.807, 2.05) is 36.4 Å². The summed E-state index contributed by atoms with van der Waals surface area (Å²) >= 11 is 3.54. The van der Waals surface area contributed by atoms with Crippen molar-refractivity contribution in [3.63, 3.8) is 0 Å². The minimum Gasteiger partial charge on any atom is -0.454 e. The third-order valence-electron chi connectivity index (χ3n) is 2.94. The lowest BCUT2D eigenvalue weighted by molar-refractivity contribution is 0.479. The zero-order chi connectivity index (χ0) is 11.8. The summed E-state index contributed by atoms with van der Waals surface area (Å²) < 4.78 is 6.98. The van der Waals surface area contributed by atoms with Gasteiger partial charge in [-0.2, -0.15) is 0 Å². The van der Waals surface area contributed by atoms with Crippen LogP contribution >= 0.6 is 15.9 Å². The van der Waals surface area contributed by atoms with Crippen LogP contribution in [0.1, 0.15) is 18.5 Å². The lowest BCUT2D eigenvalue weighted by atomic mass is 10.1. The van der Waals surface area contributed by atoms with Gasteiger partial charge < -0.3 is 10.1 Å². The van der Waals surface area contributed by atoms with Crippen molar-refractivity contribution in [2.45, 2.75) is 13.0 Å². The molecule has 1 N–H and O–H groups in total. The molecular formula is C14H12BrNO. The van der Waals surface area contributed by atoms with Crippen LogP contribution in [0.3, 0.4) is 0 Å². The fourth-order valence-corrected chi connectivity index (χ4v) is 2.53. The Bertz CT molecular complexity index is 568. The van der Waals surface area contributed by atoms with Crippen LogP contribution in [0.25, 0.3) is 0 Å². The van der Waals surface area contributed by atoms with Crippen molar-refractivity contribution in [1.29, 1.82) is 0 Å². The normalized spacial score (nSPS) is 17.2. The average molecular weight is 290 g/mol. The van der Waals surface area contributed by atoms with Crippen LogP contribution in [0, 0.1) is 0 Å². The number of para-hydroxylation sites is 3. The molecule has 0 fully saturated rings. The lowest BCUT2D eigenvalue weighted by Gasteiger charge is -2.13. The number of rotatable bonds is 0.